The summed E-state index contributed by atoms with van der Waals surface area (Å²) in [6.07, 6.45) is 1.65. The summed E-state index contributed by atoms with van der Waals surface area (Å²) < 4.78 is 0. The molecule has 0 amide bonds. The molecule has 0 spiro atoms. The van der Waals surface area contributed by atoms with Crippen molar-refractivity contribution in [1.29, 1.82) is 0 Å². The predicted octanol–water partition coefficient (Wildman–Crippen LogP) is 1.48. The van der Waals surface area contributed by atoms with E-state index in [-0.39, 0.29) is 17.1 Å². The highest BCUT2D eigenvalue weighted by Gasteiger charge is 2.11. The summed E-state index contributed by atoms with van der Waals surface area (Å²) in [5.74, 6) is 0. The Morgan fingerprint density at radius 3 is 3.13 bits per heavy atom. The van der Waals surface area contributed by atoms with Gasteiger partial charge in [-0.2, -0.15) is 10.1 Å². The van der Waals surface area contributed by atoms with Gasteiger partial charge in [0.15, 0.2) is 5.65 Å². The molecule has 0 aliphatic rings. The molecule has 1 atom stereocenters. The molecule has 7 heteroatoms. The highest BCUT2D eigenvalue weighted by atomic mass is 35.5. The van der Waals surface area contributed by atoms with Gasteiger partial charge in [0, 0.05) is 5.25 Å². The van der Waals surface area contributed by atoms with Gasteiger partial charge in [-0.1, -0.05) is 6.92 Å². The third kappa shape index (κ3) is 2.22. The van der Waals surface area contributed by atoms with Crippen LogP contribution in [0.5, 0.6) is 0 Å². The predicted molar refractivity (Wildman–Crippen MR) is 59.1 cm³/mol. The second kappa shape index (κ2) is 4.34. The Bertz CT molecular complexity index is 475. The van der Waals surface area contributed by atoms with E-state index in [2.05, 4.69) is 20.2 Å². The molecule has 2 aromatic rings. The van der Waals surface area contributed by atoms with Gasteiger partial charge in [0.25, 0.3) is 0 Å². The number of nitrogens with one attached hydrogen (secondary N) is 1. The van der Waals surface area contributed by atoms with Crippen LogP contribution in [-0.4, -0.2) is 37.1 Å². The van der Waals surface area contributed by atoms with Crippen molar-refractivity contribution < 1.29 is 5.11 Å². The van der Waals surface area contributed by atoms with Gasteiger partial charge in [0.2, 0.25) is 5.28 Å². The molecule has 2 aromatic heterocycles. The van der Waals surface area contributed by atoms with Crippen molar-refractivity contribution in [2.75, 3.05) is 6.61 Å². The van der Waals surface area contributed by atoms with Crippen LogP contribution in [0.3, 0.4) is 0 Å². The lowest BCUT2D eigenvalue weighted by Gasteiger charge is -2.06. The Labute approximate surface area is 95.3 Å². The quantitative estimate of drug-likeness (QED) is 0.486. The van der Waals surface area contributed by atoms with Crippen molar-refractivity contribution in [1.82, 2.24) is 20.2 Å². The number of aliphatic hydroxyl groups is 1. The monoisotopic (exact) mass is 244 g/mol. The van der Waals surface area contributed by atoms with Crippen molar-refractivity contribution in [2.24, 2.45) is 0 Å². The fraction of sp³-hybridized carbons (Fsp3) is 0.375. The minimum absolute atomic E-state index is 0.0640. The molecule has 0 aliphatic heterocycles. The summed E-state index contributed by atoms with van der Waals surface area (Å²) >= 11 is 7.21. The van der Waals surface area contributed by atoms with E-state index in [1.807, 2.05) is 6.92 Å². The minimum atomic E-state index is 0.0640. The number of rotatable bonds is 3. The van der Waals surface area contributed by atoms with E-state index in [1.54, 1.807) is 6.20 Å². The smallest absolute Gasteiger partial charge is 0.225 e. The summed E-state index contributed by atoms with van der Waals surface area (Å²) in [6.45, 7) is 2.00. The molecule has 2 N–H and O–H groups in total. The zero-order chi connectivity index (χ0) is 10.8. The van der Waals surface area contributed by atoms with Gasteiger partial charge in [-0.3, -0.25) is 5.10 Å². The van der Waals surface area contributed by atoms with E-state index in [0.29, 0.717) is 5.65 Å². The number of hydrogen-bond acceptors (Lipinski definition) is 5. The van der Waals surface area contributed by atoms with Crippen molar-refractivity contribution in [3.8, 4) is 0 Å². The number of aliphatic hydroxyl groups excluding tert-OH is 1. The van der Waals surface area contributed by atoms with Gasteiger partial charge in [-0.05, 0) is 11.6 Å². The molecule has 0 radical (unpaired) electrons. The Morgan fingerprint density at radius 2 is 2.40 bits per heavy atom. The Morgan fingerprint density at radius 1 is 1.60 bits per heavy atom. The molecule has 0 aliphatic carbocycles. The first-order valence-electron chi connectivity index (χ1n) is 4.35. The van der Waals surface area contributed by atoms with Gasteiger partial charge < -0.3 is 5.11 Å². The maximum Gasteiger partial charge on any atom is 0.225 e. The van der Waals surface area contributed by atoms with Crippen LogP contribution >= 0.6 is 23.4 Å². The average Bonchev–Trinajstić information content (AvgIpc) is 2.65. The molecule has 15 heavy (non-hydrogen) atoms. The first kappa shape index (κ1) is 10.7. The molecule has 2 rings (SSSR count). The van der Waals surface area contributed by atoms with E-state index < -0.39 is 0 Å². The summed E-state index contributed by atoms with van der Waals surface area (Å²) in [5.41, 5.74) is 0.614. The molecule has 0 saturated heterocycles. The Kier molecular flexibility index (Phi) is 3.08. The number of thioether (sulfide) groups is 1. The summed E-state index contributed by atoms with van der Waals surface area (Å²) in [7, 11) is 0. The van der Waals surface area contributed by atoms with Crippen molar-refractivity contribution >= 4 is 34.4 Å². The van der Waals surface area contributed by atoms with Crippen LogP contribution in [0.1, 0.15) is 6.92 Å². The second-order valence-electron chi connectivity index (χ2n) is 3.04. The molecule has 0 bridgehead atoms. The molecular formula is C8H9ClN4OS. The summed E-state index contributed by atoms with van der Waals surface area (Å²) in [4.78, 5) is 8.10. The van der Waals surface area contributed by atoms with Gasteiger partial charge in [0.1, 0.15) is 5.03 Å². The van der Waals surface area contributed by atoms with Gasteiger partial charge in [-0.15, -0.1) is 11.8 Å². The number of hydrogen-bond donors (Lipinski definition) is 2. The number of fused-ring (bicyclic) bond motifs is 1. The fourth-order valence-corrected chi connectivity index (χ4v) is 2.19. The van der Waals surface area contributed by atoms with E-state index in [0.717, 1.165) is 10.4 Å². The molecule has 5 nitrogen and oxygen atoms in total. The van der Waals surface area contributed by atoms with Crippen LogP contribution in [-0.2, 0) is 0 Å². The lowest BCUT2D eigenvalue weighted by molar-refractivity contribution is 0.300. The number of H-pyrrole nitrogens is 1. The first-order valence-corrected chi connectivity index (χ1v) is 5.60. The van der Waals surface area contributed by atoms with Crippen LogP contribution in [0.4, 0.5) is 0 Å². The average molecular weight is 245 g/mol. The van der Waals surface area contributed by atoms with E-state index in [1.165, 1.54) is 11.8 Å². The van der Waals surface area contributed by atoms with Crippen LogP contribution < -0.4 is 0 Å². The van der Waals surface area contributed by atoms with Crippen molar-refractivity contribution in [3.63, 3.8) is 0 Å². The maximum absolute atomic E-state index is 8.97. The standard InChI is InChI=1S/C8H9ClN4OS/c1-4(3-14)15-7-5-2-10-13-6(5)11-8(9)12-7/h2,4,14H,3H2,1H3,(H,10,11,12,13). The summed E-state index contributed by atoms with van der Waals surface area (Å²) in [6, 6.07) is 0. The zero-order valence-electron chi connectivity index (χ0n) is 7.94. The third-order valence-corrected chi connectivity index (χ3v) is 3.07. The van der Waals surface area contributed by atoms with Crippen molar-refractivity contribution in [2.45, 2.75) is 17.2 Å². The Balaban J connectivity index is 2.44. The van der Waals surface area contributed by atoms with E-state index in [9.17, 15) is 0 Å². The SMILES string of the molecule is CC(CO)Sc1nc(Cl)nc2[nH]ncc12. The van der Waals surface area contributed by atoms with Crippen molar-refractivity contribution in [3.05, 3.63) is 11.5 Å². The topological polar surface area (TPSA) is 74.7 Å². The molecule has 2 heterocycles. The highest BCUT2D eigenvalue weighted by Crippen LogP contribution is 2.28. The summed E-state index contributed by atoms with van der Waals surface area (Å²) in [5, 5.41) is 17.4. The zero-order valence-corrected chi connectivity index (χ0v) is 9.51. The third-order valence-electron chi connectivity index (χ3n) is 1.82. The van der Waals surface area contributed by atoms with Crippen LogP contribution in [0, 0.1) is 0 Å². The molecule has 0 saturated carbocycles. The lowest BCUT2D eigenvalue weighted by Crippen LogP contribution is -2.02. The van der Waals surface area contributed by atoms with E-state index in [4.69, 9.17) is 16.7 Å². The molecule has 0 fully saturated rings. The van der Waals surface area contributed by atoms with Gasteiger partial charge in [-0.25, -0.2) is 4.98 Å². The van der Waals surface area contributed by atoms with Gasteiger partial charge in [0.05, 0.1) is 18.2 Å². The van der Waals surface area contributed by atoms with Crippen LogP contribution in [0.2, 0.25) is 5.28 Å². The van der Waals surface area contributed by atoms with Crippen LogP contribution in [0.15, 0.2) is 11.2 Å². The Hall–Kier alpha value is -0.850. The molecule has 80 valence electrons. The minimum Gasteiger partial charge on any atom is -0.395 e. The largest absolute Gasteiger partial charge is 0.395 e. The second-order valence-corrected chi connectivity index (χ2v) is 4.81. The number of nitrogens with zero attached hydrogens (tertiary/aromatic N) is 3. The normalized spacial score (nSPS) is 13.3. The van der Waals surface area contributed by atoms with Crippen LogP contribution in [0.25, 0.3) is 11.0 Å². The van der Waals surface area contributed by atoms with E-state index >= 15 is 0 Å². The lowest BCUT2D eigenvalue weighted by atomic mass is 10.4. The fourth-order valence-electron chi connectivity index (χ4n) is 1.10. The number of aromatic amines is 1. The number of halogens is 1. The van der Waals surface area contributed by atoms with Gasteiger partial charge >= 0.3 is 0 Å². The molecule has 0 aromatic carbocycles. The molecule has 1 unspecified atom stereocenters. The maximum atomic E-state index is 8.97. The highest BCUT2D eigenvalue weighted by molar-refractivity contribution is 8.00. The molecular weight excluding hydrogens is 236 g/mol. The number of aromatic nitrogens is 4. The first-order chi connectivity index (χ1) is 7.20.